The van der Waals surface area contributed by atoms with Gasteiger partial charge in [-0.1, -0.05) is 12.1 Å². The van der Waals surface area contributed by atoms with E-state index in [1.54, 1.807) is 24.3 Å². The summed E-state index contributed by atoms with van der Waals surface area (Å²) in [5.41, 5.74) is 6.71. The van der Waals surface area contributed by atoms with E-state index in [0.717, 1.165) is 5.56 Å². The van der Waals surface area contributed by atoms with Crippen LogP contribution in [-0.4, -0.2) is 48.5 Å². The van der Waals surface area contributed by atoms with Crippen LogP contribution >= 0.6 is 0 Å². The molecule has 1 aromatic rings. The number of amides is 1. The summed E-state index contributed by atoms with van der Waals surface area (Å²) in [5, 5.41) is 20.4. The molecule has 0 spiro atoms. The molecule has 0 aromatic heterocycles. The highest BCUT2D eigenvalue weighted by atomic mass is 16.5. The summed E-state index contributed by atoms with van der Waals surface area (Å²) in [6.45, 7) is 1.31. The molecule has 112 valence electrons. The lowest BCUT2D eigenvalue weighted by molar-refractivity contribution is -0.122. The maximum Gasteiger partial charge on any atom is 0.237 e. The molecule has 0 fully saturated rings. The molecule has 0 aliphatic heterocycles. The van der Waals surface area contributed by atoms with Crippen LogP contribution in [0.2, 0.25) is 0 Å². The van der Waals surface area contributed by atoms with Crippen LogP contribution in [0.15, 0.2) is 24.3 Å². The van der Waals surface area contributed by atoms with Gasteiger partial charge in [-0.3, -0.25) is 4.79 Å². The fraction of sp³-hybridized carbons (Fsp3) is 0.500. The Morgan fingerprint density at radius 2 is 2.00 bits per heavy atom. The van der Waals surface area contributed by atoms with E-state index in [1.807, 2.05) is 0 Å². The molecule has 0 saturated heterocycles. The van der Waals surface area contributed by atoms with Gasteiger partial charge >= 0.3 is 0 Å². The number of hydrogen-bond donors (Lipinski definition) is 4. The van der Waals surface area contributed by atoms with Gasteiger partial charge in [0.2, 0.25) is 5.91 Å². The first-order valence-corrected chi connectivity index (χ1v) is 6.63. The monoisotopic (exact) mass is 282 g/mol. The Morgan fingerprint density at radius 1 is 1.30 bits per heavy atom. The van der Waals surface area contributed by atoms with Gasteiger partial charge in [0.05, 0.1) is 19.3 Å². The van der Waals surface area contributed by atoms with E-state index in [1.165, 1.54) is 0 Å². The number of nitrogens with one attached hydrogen (secondary N) is 1. The zero-order valence-corrected chi connectivity index (χ0v) is 11.4. The number of phenolic OH excluding ortho intramolecular Hbond substituents is 1. The van der Waals surface area contributed by atoms with E-state index in [2.05, 4.69) is 5.32 Å². The van der Waals surface area contributed by atoms with Crippen LogP contribution in [0.3, 0.4) is 0 Å². The van der Waals surface area contributed by atoms with Crippen molar-refractivity contribution in [3.8, 4) is 5.75 Å². The van der Waals surface area contributed by atoms with E-state index in [9.17, 15) is 4.79 Å². The lowest BCUT2D eigenvalue weighted by Gasteiger charge is -2.12. The van der Waals surface area contributed by atoms with Gasteiger partial charge in [-0.25, -0.2) is 0 Å². The third-order valence-electron chi connectivity index (χ3n) is 2.73. The van der Waals surface area contributed by atoms with Gasteiger partial charge < -0.3 is 26.0 Å². The van der Waals surface area contributed by atoms with Crippen molar-refractivity contribution in [2.75, 3.05) is 26.4 Å². The molecule has 0 saturated carbocycles. The molecule has 1 rings (SSSR count). The molecule has 0 radical (unpaired) electrons. The first-order chi connectivity index (χ1) is 9.63. The van der Waals surface area contributed by atoms with Crippen LogP contribution in [-0.2, 0) is 16.0 Å². The second-order valence-corrected chi connectivity index (χ2v) is 4.46. The van der Waals surface area contributed by atoms with Gasteiger partial charge in [0.1, 0.15) is 5.75 Å². The van der Waals surface area contributed by atoms with Crippen molar-refractivity contribution in [3.05, 3.63) is 29.8 Å². The lowest BCUT2D eigenvalue weighted by Crippen LogP contribution is -2.42. The predicted molar refractivity (Wildman–Crippen MR) is 75.3 cm³/mol. The number of carbonyl (C=O) groups excluding carboxylic acids is 1. The molecule has 6 nitrogen and oxygen atoms in total. The Balaban J connectivity index is 2.20. The number of hydrogen-bond acceptors (Lipinski definition) is 5. The second kappa shape index (κ2) is 9.30. The van der Waals surface area contributed by atoms with E-state index in [4.69, 9.17) is 20.7 Å². The summed E-state index contributed by atoms with van der Waals surface area (Å²) in [6, 6.07) is 6.01. The van der Waals surface area contributed by atoms with Crippen LogP contribution < -0.4 is 11.1 Å². The molecule has 1 atom stereocenters. The van der Waals surface area contributed by atoms with Crippen molar-refractivity contribution >= 4 is 5.91 Å². The average molecular weight is 282 g/mol. The number of carbonyl (C=O) groups is 1. The van der Waals surface area contributed by atoms with Gasteiger partial charge in [0, 0.05) is 13.2 Å². The fourth-order valence-electron chi connectivity index (χ4n) is 1.66. The van der Waals surface area contributed by atoms with Crippen molar-refractivity contribution < 1.29 is 19.7 Å². The van der Waals surface area contributed by atoms with Crippen molar-refractivity contribution in [1.82, 2.24) is 5.32 Å². The Labute approximate surface area is 118 Å². The fourth-order valence-corrected chi connectivity index (χ4v) is 1.66. The minimum Gasteiger partial charge on any atom is -0.508 e. The Morgan fingerprint density at radius 3 is 2.65 bits per heavy atom. The van der Waals surface area contributed by atoms with E-state index in [-0.39, 0.29) is 18.3 Å². The first-order valence-electron chi connectivity index (χ1n) is 6.63. The molecule has 0 bridgehead atoms. The molecule has 1 amide bonds. The lowest BCUT2D eigenvalue weighted by atomic mass is 10.1. The van der Waals surface area contributed by atoms with Crippen molar-refractivity contribution in [1.29, 1.82) is 0 Å². The van der Waals surface area contributed by atoms with Crippen LogP contribution in [0.25, 0.3) is 0 Å². The SMILES string of the molecule is NC(Cc1ccc(O)cc1)C(=O)NCCCOCCO. The third kappa shape index (κ3) is 6.51. The number of aliphatic hydroxyl groups is 1. The first kappa shape index (κ1) is 16.4. The molecule has 5 N–H and O–H groups in total. The molecule has 0 aliphatic carbocycles. The zero-order valence-electron chi connectivity index (χ0n) is 11.4. The Kier molecular flexibility index (Phi) is 7.64. The number of ether oxygens (including phenoxy) is 1. The second-order valence-electron chi connectivity index (χ2n) is 4.46. The van der Waals surface area contributed by atoms with E-state index in [0.29, 0.717) is 32.6 Å². The molecule has 20 heavy (non-hydrogen) atoms. The molecule has 1 unspecified atom stereocenters. The number of nitrogens with two attached hydrogens (primary N) is 1. The number of aromatic hydroxyl groups is 1. The molecular weight excluding hydrogens is 260 g/mol. The minimum atomic E-state index is -0.613. The van der Waals surface area contributed by atoms with Crippen molar-refractivity contribution in [2.45, 2.75) is 18.9 Å². The van der Waals surface area contributed by atoms with Gasteiger partial charge in [0.25, 0.3) is 0 Å². The van der Waals surface area contributed by atoms with Gasteiger partial charge in [0.15, 0.2) is 0 Å². The van der Waals surface area contributed by atoms with Crippen LogP contribution in [0.5, 0.6) is 5.75 Å². The van der Waals surface area contributed by atoms with E-state index >= 15 is 0 Å². The molecule has 6 heteroatoms. The average Bonchev–Trinajstić information content (AvgIpc) is 2.45. The summed E-state index contributed by atoms with van der Waals surface area (Å²) >= 11 is 0. The largest absolute Gasteiger partial charge is 0.508 e. The highest BCUT2D eigenvalue weighted by Crippen LogP contribution is 2.10. The third-order valence-corrected chi connectivity index (χ3v) is 2.73. The highest BCUT2D eigenvalue weighted by Gasteiger charge is 2.13. The van der Waals surface area contributed by atoms with E-state index < -0.39 is 6.04 Å². The van der Waals surface area contributed by atoms with Gasteiger partial charge in [-0.2, -0.15) is 0 Å². The number of phenols is 1. The Bertz CT molecular complexity index is 395. The molecule has 1 aromatic carbocycles. The van der Waals surface area contributed by atoms with Crippen LogP contribution in [0, 0.1) is 0 Å². The quantitative estimate of drug-likeness (QED) is 0.469. The van der Waals surface area contributed by atoms with Crippen molar-refractivity contribution in [2.24, 2.45) is 5.73 Å². The summed E-state index contributed by atoms with van der Waals surface area (Å²) in [6.07, 6.45) is 1.10. The number of benzene rings is 1. The van der Waals surface area contributed by atoms with Crippen LogP contribution in [0.1, 0.15) is 12.0 Å². The predicted octanol–water partition coefficient (Wildman–Crippen LogP) is -0.223. The normalized spacial score (nSPS) is 12.1. The Hall–Kier alpha value is -1.63. The summed E-state index contributed by atoms with van der Waals surface area (Å²) < 4.78 is 5.08. The van der Waals surface area contributed by atoms with Gasteiger partial charge in [-0.15, -0.1) is 0 Å². The van der Waals surface area contributed by atoms with Crippen LogP contribution in [0.4, 0.5) is 0 Å². The zero-order chi connectivity index (χ0) is 14.8. The number of rotatable bonds is 9. The smallest absolute Gasteiger partial charge is 0.237 e. The number of aliphatic hydroxyl groups excluding tert-OH is 1. The standard InChI is InChI=1S/C14H22N2O4/c15-13(10-11-2-4-12(18)5-3-11)14(19)16-6-1-8-20-9-7-17/h2-5,13,17-18H,1,6-10,15H2,(H,16,19). The maximum absolute atomic E-state index is 11.7. The maximum atomic E-state index is 11.7. The summed E-state index contributed by atoms with van der Waals surface area (Å²) in [7, 11) is 0. The minimum absolute atomic E-state index is 0.00383. The molecule has 0 aliphatic rings. The summed E-state index contributed by atoms with van der Waals surface area (Å²) in [4.78, 5) is 11.7. The van der Waals surface area contributed by atoms with Gasteiger partial charge in [-0.05, 0) is 30.5 Å². The molecular formula is C14H22N2O4. The highest BCUT2D eigenvalue weighted by molar-refractivity contribution is 5.81. The van der Waals surface area contributed by atoms with Crippen molar-refractivity contribution in [3.63, 3.8) is 0 Å². The topological polar surface area (TPSA) is 105 Å². The summed E-state index contributed by atoms with van der Waals surface area (Å²) in [5.74, 6) is -0.0186. The molecule has 0 heterocycles.